The van der Waals surface area contributed by atoms with Gasteiger partial charge in [0.2, 0.25) is 0 Å². The van der Waals surface area contributed by atoms with Crippen LogP contribution in [0.5, 0.6) is 0 Å². The summed E-state index contributed by atoms with van der Waals surface area (Å²) in [7, 11) is 0. The van der Waals surface area contributed by atoms with Gasteiger partial charge in [-0.05, 0) is 19.1 Å². The van der Waals surface area contributed by atoms with E-state index in [4.69, 9.17) is 4.74 Å². The van der Waals surface area contributed by atoms with E-state index in [-0.39, 0.29) is 13.2 Å². The predicted octanol–water partition coefficient (Wildman–Crippen LogP) is -1.84. The first-order chi connectivity index (χ1) is 12.9. The Hall–Kier alpha value is -2.82. The minimum absolute atomic E-state index is 0.0496. The molecule has 27 heavy (non-hydrogen) atoms. The summed E-state index contributed by atoms with van der Waals surface area (Å²) in [6, 6.07) is 3.58. The van der Waals surface area contributed by atoms with Gasteiger partial charge in [-0.1, -0.05) is 0 Å². The minimum atomic E-state index is -1.34. The first-order valence-corrected chi connectivity index (χ1v) is 8.37. The number of amides is 1. The van der Waals surface area contributed by atoms with Crippen molar-refractivity contribution >= 4 is 5.91 Å². The van der Waals surface area contributed by atoms with Gasteiger partial charge in [0.25, 0.3) is 11.5 Å². The number of rotatable bonds is 4. The molecule has 0 radical (unpaired) electrons. The summed E-state index contributed by atoms with van der Waals surface area (Å²) in [5.74, 6) is -0.434. The Balaban J connectivity index is 1.66. The van der Waals surface area contributed by atoms with E-state index in [0.29, 0.717) is 11.3 Å². The number of pyridine rings is 1. The maximum atomic E-state index is 12.4. The van der Waals surface area contributed by atoms with E-state index in [1.165, 1.54) is 16.8 Å². The molecule has 1 saturated heterocycles. The summed E-state index contributed by atoms with van der Waals surface area (Å²) < 4.78 is 6.70. The Morgan fingerprint density at radius 2 is 2.15 bits per heavy atom. The highest BCUT2D eigenvalue weighted by atomic mass is 16.5. The maximum Gasteiger partial charge on any atom is 0.328 e. The molecule has 0 spiro atoms. The fourth-order valence-electron chi connectivity index (χ4n) is 2.92. The van der Waals surface area contributed by atoms with Crippen molar-refractivity contribution in [2.45, 2.75) is 37.8 Å². The van der Waals surface area contributed by atoms with Crippen LogP contribution >= 0.6 is 0 Å². The Bertz CT molecular complexity index is 939. The number of aromatic nitrogens is 3. The average Bonchev–Trinajstić information content (AvgIpc) is 2.63. The summed E-state index contributed by atoms with van der Waals surface area (Å²) in [6.07, 6.45) is -0.654. The van der Waals surface area contributed by atoms with Crippen LogP contribution < -0.4 is 16.6 Å². The van der Waals surface area contributed by atoms with E-state index in [0.717, 1.165) is 0 Å². The summed E-state index contributed by atoms with van der Waals surface area (Å²) in [6.45, 7) is 1.58. The average molecular weight is 376 g/mol. The fourth-order valence-corrected chi connectivity index (χ4v) is 2.92. The number of carbonyl (C=O) groups excluding carboxylic acids is 1. The second-order valence-corrected chi connectivity index (χ2v) is 6.33. The largest absolute Gasteiger partial charge is 0.388 e. The van der Waals surface area contributed by atoms with Crippen LogP contribution in [0.15, 0.2) is 40.2 Å². The molecule has 4 N–H and O–H groups in total. The van der Waals surface area contributed by atoms with Crippen molar-refractivity contribution < 1.29 is 19.7 Å². The zero-order valence-corrected chi connectivity index (χ0v) is 14.5. The molecule has 0 aromatic carbocycles. The minimum Gasteiger partial charge on any atom is -0.388 e. The van der Waals surface area contributed by atoms with Crippen LogP contribution in [0.1, 0.15) is 16.1 Å². The number of aliphatic hydroxyl groups excluding tert-OH is 2. The smallest absolute Gasteiger partial charge is 0.328 e. The molecule has 2 aromatic heterocycles. The normalized spacial score (nSPS) is 25.1. The summed E-state index contributed by atoms with van der Waals surface area (Å²) in [5.41, 5.74) is -0.275. The second kappa shape index (κ2) is 7.82. The first-order valence-electron chi connectivity index (χ1n) is 8.37. The third kappa shape index (κ3) is 4.13. The van der Waals surface area contributed by atoms with E-state index >= 15 is 0 Å². The van der Waals surface area contributed by atoms with Crippen LogP contribution in [0, 0.1) is 6.92 Å². The number of hydrogen-bond donors (Lipinski definition) is 4. The number of ether oxygens (including phenoxy) is 1. The van der Waals surface area contributed by atoms with Gasteiger partial charge in [-0.15, -0.1) is 0 Å². The number of nitrogens with zero attached hydrogens (tertiary/aromatic N) is 2. The monoisotopic (exact) mass is 376 g/mol. The van der Waals surface area contributed by atoms with E-state index in [2.05, 4.69) is 15.3 Å². The summed E-state index contributed by atoms with van der Waals surface area (Å²) in [5, 5.41) is 23.3. The highest BCUT2D eigenvalue weighted by molar-refractivity contribution is 5.95. The van der Waals surface area contributed by atoms with Gasteiger partial charge in [0, 0.05) is 24.2 Å². The number of aliphatic hydroxyl groups is 2. The number of H-pyrrole nitrogens is 1. The zero-order valence-electron chi connectivity index (χ0n) is 14.5. The second-order valence-electron chi connectivity index (χ2n) is 6.33. The lowest BCUT2D eigenvalue weighted by atomic mass is 9.97. The molecule has 10 heteroatoms. The number of nitrogens with one attached hydrogen (secondary N) is 2. The molecule has 3 rings (SSSR count). The van der Waals surface area contributed by atoms with Crippen molar-refractivity contribution in [3.05, 3.63) is 62.7 Å². The number of hydrogen-bond acceptors (Lipinski definition) is 7. The predicted molar refractivity (Wildman–Crippen MR) is 93.3 cm³/mol. The molecule has 1 aliphatic rings. The van der Waals surface area contributed by atoms with Crippen molar-refractivity contribution in [1.82, 2.24) is 19.9 Å². The lowest BCUT2D eigenvalue weighted by Crippen LogP contribution is -2.60. The Kier molecular flexibility index (Phi) is 5.49. The van der Waals surface area contributed by atoms with Crippen LogP contribution in [0.4, 0.5) is 0 Å². The van der Waals surface area contributed by atoms with Gasteiger partial charge in [-0.2, -0.15) is 0 Å². The molecule has 0 bridgehead atoms. The van der Waals surface area contributed by atoms with E-state index < -0.39 is 41.5 Å². The van der Waals surface area contributed by atoms with Gasteiger partial charge in [-0.3, -0.25) is 24.1 Å². The van der Waals surface area contributed by atoms with Crippen LogP contribution in [0.25, 0.3) is 0 Å². The van der Waals surface area contributed by atoms with Crippen molar-refractivity contribution in [1.29, 1.82) is 0 Å². The highest BCUT2D eigenvalue weighted by Gasteiger charge is 2.39. The Labute approximate surface area is 153 Å². The SMILES string of the molecule is Cc1ncccc1C(=O)N[C@@H]1CO[C@H](Cn2ccc(=O)[nH]c2=O)[C@@H](O)[C@H]1O. The maximum absolute atomic E-state index is 12.4. The highest BCUT2D eigenvalue weighted by Crippen LogP contribution is 2.17. The van der Waals surface area contributed by atoms with Crippen molar-refractivity contribution in [3.63, 3.8) is 0 Å². The molecule has 144 valence electrons. The standard InChI is InChI=1S/C17H20N4O6/c1-9-10(3-2-5-18-9)16(25)19-11-8-27-12(15(24)14(11)23)7-21-6-4-13(22)20-17(21)26/h2-6,11-12,14-15,23-24H,7-8H2,1H3,(H,19,25)(H,20,22,26)/t11-,12-,14+,15-/m1/s1. The molecule has 1 amide bonds. The Morgan fingerprint density at radius 3 is 2.85 bits per heavy atom. The van der Waals surface area contributed by atoms with E-state index in [9.17, 15) is 24.6 Å². The van der Waals surface area contributed by atoms with Gasteiger partial charge in [0.1, 0.15) is 18.3 Å². The molecule has 1 fully saturated rings. The van der Waals surface area contributed by atoms with Gasteiger partial charge >= 0.3 is 5.69 Å². The summed E-state index contributed by atoms with van der Waals surface area (Å²) >= 11 is 0. The first kappa shape index (κ1) is 19.0. The van der Waals surface area contributed by atoms with Crippen LogP contribution in [0.2, 0.25) is 0 Å². The van der Waals surface area contributed by atoms with Gasteiger partial charge < -0.3 is 20.3 Å². The molecular formula is C17H20N4O6. The molecule has 0 unspecified atom stereocenters. The lowest BCUT2D eigenvalue weighted by molar-refractivity contribution is -0.152. The topological polar surface area (TPSA) is 147 Å². The van der Waals surface area contributed by atoms with E-state index in [1.807, 2.05) is 0 Å². The third-order valence-electron chi connectivity index (χ3n) is 4.47. The molecule has 10 nitrogen and oxygen atoms in total. The molecular weight excluding hydrogens is 356 g/mol. The summed E-state index contributed by atoms with van der Waals surface area (Å²) in [4.78, 5) is 41.3. The van der Waals surface area contributed by atoms with Crippen molar-refractivity contribution in [2.24, 2.45) is 0 Å². The van der Waals surface area contributed by atoms with Crippen LogP contribution in [0.3, 0.4) is 0 Å². The zero-order chi connectivity index (χ0) is 19.6. The number of aromatic amines is 1. The van der Waals surface area contributed by atoms with Gasteiger partial charge in [0.05, 0.1) is 24.8 Å². The van der Waals surface area contributed by atoms with Crippen LogP contribution in [-0.2, 0) is 11.3 Å². The molecule has 1 aliphatic heterocycles. The number of carbonyl (C=O) groups is 1. The van der Waals surface area contributed by atoms with Crippen molar-refractivity contribution in [2.75, 3.05) is 6.61 Å². The van der Waals surface area contributed by atoms with Gasteiger partial charge in [-0.25, -0.2) is 4.79 Å². The molecule has 3 heterocycles. The fraction of sp³-hybridized carbons (Fsp3) is 0.412. The van der Waals surface area contributed by atoms with E-state index in [1.54, 1.807) is 25.3 Å². The van der Waals surface area contributed by atoms with Crippen molar-refractivity contribution in [3.8, 4) is 0 Å². The lowest BCUT2D eigenvalue weighted by Gasteiger charge is -2.38. The Morgan fingerprint density at radius 1 is 1.37 bits per heavy atom. The third-order valence-corrected chi connectivity index (χ3v) is 4.47. The van der Waals surface area contributed by atoms with Gasteiger partial charge in [0.15, 0.2) is 0 Å². The molecule has 4 atom stereocenters. The number of aryl methyl sites for hydroxylation is 1. The molecule has 0 aliphatic carbocycles. The quantitative estimate of drug-likeness (QED) is 0.490. The van der Waals surface area contributed by atoms with Crippen LogP contribution in [-0.4, -0.2) is 61.6 Å². The molecule has 0 saturated carbocycles. The molecule has 2 aromatic rings.